The molecular weight excluding hydrogens is 841 g/mol. The molecule has 0 N–H and O–H groups in total. The van der Waals surface area contributed by atoms with Gasteiger partial charge < -0.3 is 23.7 Å². The second-order valence-electron chi connectivity index (χ2n) is 17.8. The molecule has 0 spiro atoms. The van der Waals surface area contributed by atoms with Crippen LogP contribution in [-0.2, 0) is 10.8 Å². The molecule has 0 fully saturated rings. The molecule has 0 aliphatic carbocycles. The summed E-state index contributed by atoms with van der Waals surface area (Å²) in [6, 6.07) is 43.3. The normalized spacial score (nSPS) is 11.4. The van der Waals surface area contributed by atoms with E-state index in [9.17, 15) is 19.2 Å². The predicted octanol–water partition coefficient (Wildman–Crippen LogP) is 13.2. The van der Waals surface area contributed by atoms with Gasteiger partial charge in [0.05, 0.1) is 23.8 Å². The Morgan fingerprint density at radius 2 is 0.642 bits per heavy atom. The van der Waals surface area contributed by atoms with Crippen molar-refractivity contribution in [1.29, 1.82) is 0 Å². The predicted molar refractivity (Wildman–Crippen MR) is 260 cm³/mol. The summed E-state index contributed by atoms with van der Waals surface area (Å²) in [5.74, 6) is 1.65. The monoisotopic (exact) mass is 894 g/mol. The van der Waals surface area contributed by atoms with Crippen LogP contribution in [0.15, 0.2) is 146 Å². The lowest BCUT2D eigenvalue weighted by Gasteiger charge is -2.27. The third kappa shape index (κ3) is 10.5. The SMILES string of the molecule is COc1ccc(C(C)(C)c2ccc(OC(=O)c3ccc(Oc4ccc(C(=O)Oc5ccc(C(C)(C)c6ccc(OC(=O)c7ccc(C(C)=O)cc7)c(C)c6)cc5C)cc4)cc3)c(C)c2)cc1C. The second kappa shape index (κ2) is 19.4. The molecule has 0 aliphatic rings. The van der Waals surface area contributed by atoms with Crippen LogP contribution in [0.4, 0.5) is 0 Å². The Labute approximate surface area is 392 Å². The highest BCUT2D eigenvalue weighted by molar-refractivity contribution is 5.96. The van der Waals surface area contributed by atoms with Gasteiger partial charge in [0.25, 0.3) is 0 Å². The summed E-state index contributed by atoms with van der Waals surface area (Å²) < 4.78 is 28.8. The number of carbonyl (C=O) groups excluding carboxylic acids is 4. The first kappa shape index (κ1) is 47.2. The van der Waals surface area contributed by atoms with Crippen molar-refractivity contribution >= 4 is 23.7 Å². The maximum atomic E-state index is 13.3. The van der Waals surface area contributed by atoms with Gasteiger partial charge in [0.1, 0.15) is 34.5 Å². The van der Waals surface area contributed by atoms with E-state index in [4.69, 9.17) is 23.7 Å². The van der Waals surface area contributed by atoms with Crippen molar-refractivity contribution in [2.75, 3.05) is 7.11 Å². The third-order valence-corrected chi connectivity index (χ3v) is 12.4. The first-order valence-electron chi connectivity index (χ1n) is 22.0. The number of hydrogen-bond acceptors (Lipinski definition) is 9. The topological polar surface area (TPSA) is 114 Å². The lowest BCUT2D eigenvalue weighted by molar-refractivity contribution is 0.0724. The van der Waals surface area contributed by atoms with Crippen LogP contribution in [-0.4, -0.2) is 30.8 Å². The molecule has 67 heavy (non-hydrogen) atoms. The highest BCUT2D eigenvalue weighted by Crippen LogP contribution is 2.38. The van der Waals surface area contributed by atoms with Crippen molar-refractivity contribution in [3.05, 3.63) is 212 Å². The molecule has 0 heterocycles. The molecule has 7 aromatic carbocycles. The smallest absolute Gasteiger partial charge is 0.343 e. The Kier molecular flexibility index (Phi) is 13.6. The van der Waals surface area contributed by atoms with Gasteiger partial charge in [0.2, 0.25) is 0 Å². The zero-order valence-corrected chi connectivity index (χ0v) is 39.5. The molecule has 0 radical (unpaired) electrons. The zero-order chi connectivity index (χ0) is 48.2. The molecule has 7 rings (SSSR count). The summed E-state index contributed by atoms with van der Waals surface area (Å²) in [5, 5.41) is 0. The quantitative estimate of drug-likeness (QED) is 0.0598. The van der Waals surface area contributed by atoms with Gasteiger partial charge in [-0.25, -0.2) is 14.4 Å². The Morgan fingerprint density at radius 1 is 0.373 bits per heavy atom. The van der Waals surface area contributed by atoms with E-state index in [1.54, 1.807) is 92.0 Å². The number of carbonyl (C=O) groups is 4. The van der Waals surface area contributed by atoms with Gasteiger partial charge in [0.15, 0.2) is 5.78 Å². The largest absolute Gasteiger partial charge is 0.496 e. The van der Waals surface area contributed by atoms with Crippen molar-refractivity contribution in [2.24, 2.45) is 0 Å². The number of ketones is 1. The van der Waals surface area contributed by atoms with Gasteiger partial charge in [0, 0.05) is 16.4 Å². The van der Waals surface area contributed by atoms with Crippen molar-refractivity contribution in [3.63, 3.8) is 0 Å². The maximum absolute atomic E-state index is 13.3. The number of Topliss-reactive ketones (excluding diaryl/α,β-unsaturated/α-hetero) is 1. The van der Waals surface area contributed by atoms with Gasteiger partial charge in [-0.1, -0.05) is 88.4 Å². The molecule has 0 saturated heterocycles. The molecule has 9 heteroatoms. The molecule has 7 aromatic rings. The Hall–Kier alpha value is -7.78. The van der Waals surface area contributed by atoms with E-state index < -0.39 is 23.3 Å². The molecule has 9 nitrogen and oxygen atoms in total. The lowest BCUT2D eigenvalue weighted by Crippen LogP contribution is -2.20. The Morgan fingerprint density at radius 3 is 0.910 bits per heavy atom. The molecule has 0 saturated carbocycles. The minimum absolute atomic E-state index is 0.0756. The van der Waals surface area contributed by atoms with E-state index in [0.717, 1.165) is 50.3 Å². The van der Waals surface area contributed by atoms with E-state index in [1.165, 1.54) is 6.92 Å². The van der Waals surface area contributed by atoms with E-state index >= 15 is 0 Å². The van der Waals surface area contributed by atoms with Gasteiger partial charge in [-0.3, -0.25) is 4.79 Å². The fourth-order valence-corrected chi connectivity index (χ4v) is 7.83. The summed E-state index contributed by atoms with van der Waals surface area (Å²) >= 11 is 0. The first-order valence-corrected chi connectivity index (χ1v) is 22.0. The Balaban J connectivity index is 0.927. The van der Waals surface area contributed by atoms with Crippen molar-refractivity contribution < 1.29 is 42.9 Å². The van der Waals surface area contributed by atoms with Crippen LogP contribution in [0.5, 0.6) is 34.5 Å². The average molecular weight is 895 g/mol. The maximum Gasteiger partial charge on any atom is 0.343 e. The standard InChI is InChI=1S/C58H54O9/c1-35-31-44(19-27-50(35)63-10)57(6,7)45-20-29-52(37(3)32-45)66-55(61)42-15-23-48(24-16-42)64-49-25-17-43(18-26-49)56(62)67-53-30-22-47(34-38(53)4)58(8,9)46-21-28-51(36(2)33-46)65-54(60)41-13-11-40(12-14-41)39(5)59/h11-34H,1-10H3. The van der Waals surface area contributed by atoms with E-state index in [0.29, 0.717) is 51.0 Å². The second-order valence-corrected chi connectivity index (χ2v) is 17.8. The van der Waals surface area contributed by atoms with Gasteiger partial charge in [-0.05, 0) is 164 Å². The molecule has 0 unspecified atom stereocenters. The number of ether oxygens (including phenoxy) is 5. The molecule has 0 amide bonds. The van der Waals surface area contributed by atoms with E-state index in [-0.39, 0.29) is 11.2 Å². The Bertz CT molecular complexity index is 3000. The number of methoxy groups -OCH3 is 1. The summed E-state index contributed by atoms with van der Waals surface area (Å²) in [4.78, 5) is 50.9. The fourth-order valence-electron chi connectivity index (χ4n) is 7.83. The van der Waals surface area contributed by atoms with Crippen LogP contribution in [0.25, 0.3) is 0 Å². The molecular formula is C58H54O9. The number of benzene rings is 7. The minimum Gasteiger partial charge on any atom is -0.496 e. The third-order valence-electron chi connectivity index (χ3n) is 12.4. The van der Waals surface area contributed by atoms with E-state index in [1.807, 2.05) is 70.2 Å². The van der Waals surface area contributed by atoms with Gasteiger partial charge in [-0.2, -0.15) is 0 Å². The lowest BCUT2D eigenvalue weighted by atomic mass is 9.77. The molecule has 0 aliphatic heterocycles. The van der Waals surface area contributed by atoms with Crippen LogP contribution in [0, 0.1) is 27.7 Å². The van der Waals surface area contributed by atoms with Gasteiger partial charge >= 0.3 is 17.9 Å². The van der Waals surface area contributed by atoms with Crippen LogP contribution >= 0.6 is 0 Å². The summed E-state index contributed by atoms with van der Waals surface area (Å²) in [6.45, 7) is 17.8. The van der Waals surface area contributed by atoms with Crippen molar-refractivity contribution in [2.45, 2.75) is 73.1 Å². The van der Waals surface area contributed by atoms with Crippen LogP contribution in [0.3, 0.4) is 0 Å². The fraction of sp³-hybridized carbons (Fsp3) is 0.207. The van der Waals surface area contributed by atoms with Crippen molar-refractivity contribution in [3.8, 4) is 34.5 Å². The zero-order valence-electron chi connectivity index (χ0n) is 39.5. The summed E-state index contributed by atoms with van der Waals surface area (Å²) in [6.07, 6.45) is 0. The van der Waals surface area contributed by atoms with Crippen molar-refractivity contribution in [1.82, 2.24) is 0 Å². The number of esters is 3. The molecule has 340 valence electrons. The molecule has 0 aromatic heterocycles. The van der Waals surface area contributed by atoms with Gasteiger partial charge in [-0.15, -0.1) is 0 Å². The minimum atomic E-state index is -0.513. The van der Waals surface area contributed by atoms with Crippen LogP contribution < -0.4 is 23.7 Å². The number of aryl methyl sites for hydroxylation is 4. The molecule has 0 bridgehead atoms. The highest BCUT2D eigenvalue weighted by Gasteiger charge is 2.27. The number of hydrogen-bond donors (Lipinski definition) is 0. The summed E-state index contributed by atoms with van der Waals surface area (Å²) in [5.41, 5.74) is 8.64. The van der Waals surface area contributed by atoms with Crippen LogP contribution in [0.1, 0.15) is 121 Å². The van der Waals surface area contributed by atoms with Crippen LogP contribution in [0.2, 0.25) is 0 Å². The number of rotatable bonds is 14. The first-order chi connectivity index (χ1) is 31.8. The average Bonchev–Trinajstić information content (AvgIpc) is 3.31. The molecule has 0 atom stereocenters. The highest BCUT2D eigenvalue weighted by atomic mass is 16.5. The summed E-state index contributed by atoms with van der Waals surface area (Å²) in [7, 11) is 1.67. The van der Waals surface area contributed by atoms with E-state index in [2.05, 4.69) is 45.9 Å².